The van der Waals surface area contributed by atoms with Gasteiger partial charge in [-0.25, -0.2) is 4.39 Å². The highest BCUT2D eigenvalue weighted by molar-refractivity contribution is 14.1. The van der Waals surface area contributed by atoms with Crippen LogP contribution in [0.3, 0.4) is 0 Å². The van der Waals surface area contributed by atoms with Crippen LogP contribution < -0.4 is 10.6 Å². The van der Waals surface area contributed by atoms with Crippen LogP contribution in [-0.2, 0) is 22.6 Å². The predicted octanol–water partition coefficient (Wildman–Crippen LogP) is 3.10. The van der Waals surface area contributed by atoms with E-state index >= 15 is 4.39 Å². The fourth-order valence-electron chi connectivity index (χ4n) is 5.17. The average molecular weight is 541 g/mol. The molecule has 4 atom stereocenters. The number of halogens is 2. The van der Waals surface area contributed by atoms with Gasteiger partial charge in [0.25, 0.3) is 5.91 Å². The zero-order chi connectivity index (χ0) is 22.1. The minimum absolute atomic E-state index is 0.0817. The number of benzene rings is 1. The van der Waals surface area contributed by atoms with Gasteiger partial charge in [-0.2, -0.15) is 0 Å². The van der Waals surface area contributed by atoms with Gasteiger partial charge >= 0.3 is 0 Å². The molecule has 0 radical (unpaired) electrons. The van der Waals surface area contributed by atoms with Gasteiger partial charge in [0.05, 0.1) is 6.54 Å². The minimum Gasteiger partial charge on any atom is -0.322 e. The molecule has 31 heavy (non-hydrogen) atoms. The number of imide groups is 1. The van der Waals surface area contributed by atoms with Crippen molar-refractivity contribution in [2.24, 2.45) is 5.92 Å². The van der Waals surface area contributed by atoms with Crippen LogP contribution in [0.15, 0.2) is 12.1 Å². The van der Waals surface area contributed by atoms with Crippen LogP contribution >= 0.6 is 22.6 Å². The first kappa shape index (κ1) is 22.6. The van der Waals surface area contributed by atoms with Crippen molar-refractivity contribution in [1.82, 2.24) is 15.5 Å². The highest BCUT2D eigenvalue weighted by Gasteiger charge is 2.40. The minimum atomic E-state index is -0.720. The van der Waals surface area contributed by atoms with Crippen LogP contribution in [0, 0.1) is 11.7 Å². The summed E-state index contributed by atoms with van der Waals surface area (Å²) in [4.78, 5) is 37.9. The normalized spacial score (nSPS) is 27.3. The van der Waals surface area contributed by atoms with E-state index in [1.807, 2.05) is 0 Å². The smallest absolute Gasteiger partial charge is 0.255 e. The summed E-state index contributed by atoms with van der Waals surface area (Å²) in [6.45, 7) is 2.27. The van der Waals surface area contributed by atoms with Crippen LogP contribution in [0.5, 0.6) is 0 Å². The highest BCUT2D eigenvalue weighted by Crippen LogP contribution is 2.34. The molecule has 168 valence electrons. The summed E-state index contributed by atoms with van der Waals surface area (Å²) < 4.78 is 16.5. The molecule has 4 rings (SSSR count). The summed E-state index contributed by atoms with van der Waals surface area (Å²) in [5.74, 6) is -1.07. The van der Waals surface area contributed by atoms with E-state index < -0.39 is 11.9 Å². The SMILES string of the molecule is C[C@@H](CI)N[C@H]1CCCC[C@@H]1Cc1ccc2c(c1F)CN(C1CCC(=O)NC1=O)C2=O. The second-order valence-electron chi connectivity index (χ2n) is 9.04. The van der Waals surface area contributed by atoms with Crippen LogP contribution in [0.2, 0.25) is 0 Å². The number of alkyl halides is 1. The Morgan fingerprint density at radius 3 is 2.74 bits per heavy atom. The third-order valence-corrected chi connectivity index (χ3v) is 8.17. The number of nitrogens with zero attached hydrogens (tertiary/aromatic N) is 1. The Morgan fingerprint density at radius 2 is 2.00 bits per heavy atom. The van der Waals surface area contributed by atoms with Crippen LogP contribution in [-0.4, -0.2) is 45.2 Å². The molecule has 0 spiro atoms. The van der Waals surface area contributed by atoms with E-state index in [-0.39, 0.29) is 37.0 Å². The number of piperidine rings is 1. The first-order valence-corrected chi connectivity index (χ1v) is 12.7. The molecule has 2 aliphatic heterocycles. The number of amides is 3. The Kier molecular flexibility index (Phi) is 6.95. The van der Waals surface area contributed by atoms with Gasteiger partial charge in [0.15, 0.2) is 0 Å². The summed E-state index contributed by atoms with van der Waals surface area (Å²) >= 11 is 2.38. The van der Waals surface area contributed by atoms with E-state index in [0.29, 0.717) is 41.1 Å². The fourth-order valence-corrected chi connectivity index (χ4v) is 5.43. The van der Waals surface area contributed by atoms with E-state index in [0.717, 1.165) is 23.7 Å². The lowest BCUT2D eigenvalue weighted by atomic mass is 9.80. The highest BCUT2D eigenvalue weighted by atomic mass is 127. The quantitative estimate of drug-likeness (QED) is 0.330. The van der Waals surface area contributed by atoms with Crippen LogP contribution in [0.4, 0.5) is 4.39 Å². The lowest BCUT2D eigenvalue weighted by Gasteiger charge is -2.34. The molecule has 1 unspecified atom stereocenters. The second-order valence-corrected chi connectivity index (χ2v) is 9.92. The maximum absolute atomic E-state index is 15.5. The number of nitrogens with one attached hydrogen (secondary N) is 2. The first-order valence-electron chi connectivity index (χ1n) is 11.2. The summed E-state index contributed by atoms with van der Waals surface area (Å²) in [6.07, 6.45) is 5.67. The fraction of sp³-hybridized carbons (Fsp3) is 0.609. The Balaban J connectivity index is 1.51. The van der Waals surface area contributed by atoms with Gasteiger partial charge in [-0.1, -0.05) is 41.5 Å². The lowest BCUT2D eigenvalue weighted by molar-refractivity contribution is -0.136. The molecule has 1 aromatic carbocycles. The molecular weight excluding hydrogens is 512 g/mol. The third kappa shape index (κ3) is 4.65. The number of hydrogen-bond acceptors (Lipinski definition) is 4. The Morgan fingerprint density at radius 1 is 1.23 bits per heavy atom. The van der Waals surface area contributed by atoms with Crippen molar-refractivity contribution in [2.45, 2.75) is 76.5 Å². The molecule has 1 aliphatic carbocycles. The van der Waals surface area contributed by atoms with E-state index in [1.165, 1.54) is 11.3 Å². The summed E-state index contributed by atoms with van der Waals surface area (Å²) in [7, 11) is 0. The molecule has 1 saturated carbocycles. The second kappa shape index (κ2) is 9.52. The molecule has 0 bridgehead atoms. The molecule has 2 fully saturated rings. The Hall–Kier alpha value is -1.55. The van der Waals surface area contributed by atoms with E-state index in [2.05, 4.69) is 40.1 Å². The zero-order valence-electron chi connectivity index (χ0n) is 17.8. The van der Waals surface area contributed by atoms with Gasteiger partial charge < -0.3 is 10.2 Å². The number of rotatable bonds is 6. The van der Waals surface area contributed by atoms with Crippen LogP contribution in [0.1, 0.15) is 66.9 Å². The molecule has 1 aromatic rings. The van der Waals surface area contributed by atoms with Gasteiger partial charge in [0, 0.05) is 34.1 Å². The molecular formula is C23H29FIN3O3. The van der Waals surface area contributed by atoms with Crippen molar-refractivity contribution in [3.8, 4) is 0 Å². The monoisotopic (exact) mass is 541 g/mol. The van der Waals surface area contributed by atoms with Gasteiger partial charge in [-0.3, -0.25) is 19.7 Å². The molecule has 1 saturated heterocycles. The Bertz CT molecular complexity index is 893. The van der Waals surface area contributed by atoms with Crippen molar-refractivity contribution in [3.63, 3.8) is 0 Å². The predicted molar refractivity (Wildman–Crippen MR) is 123 cm³/mol. The molecule has 6 nitrogen and oxygen atoms in total. The molecule has 2 N–H and O–H groups in total. The maximum Gasteiger partial charge on any atom is 0.255 e. The summed E-state index contributed by atoms with van der Waals surface area (Å²) in [5, 5.41) is 6.00. The average Bonchev–Trinajstić information content (AvgIpc) is 3.08. The molecule has 8 heteroatoms. The topological polar surface area (TPSA) is 78.5 Å². The molecule has 3 amide bonds. The van der Waals surface area contributed by atoms with E-state index in [9.17, 15) is 14.4 Å². The van der Waals surface area contributed by atoms with Gasteiger partial charge in [-0.05, 0) is 50.2 Å². The lowest BCUT2D eigenvalue weighted by Crippen LogP contribution is -2.52. The van der Waals surface area contributed by atoms with Crippen molar-refractivity contribution in [2.75, 3.05) is 4.43 Å². The van der Waals surface area contributed by atoms with Gasteiger partial charge in [0.1, 0.15) is 11.9 Å². The summed E-state index contributed by atoms with van der Waals surface area (Å²) in [6, 6.07) is 3.54. The number of carbonyl (C=O) groups excluding carboxylic acids is 3. The number of fused-ring (bicyclic) bond motifs is 1. The van der Waals surface area contributed by atoms with Gasteiger partial charge in [-0.15, -0.1) is 0 Å². The van der Waals surface area contributed by atoms with Crippen LogP contribution in [0.25, 0.3) is 0 Å². The first-order chi connectivity index (χ1) is 14.9. The molecule has 3 aliphatic rings. The van der Waals surface area contributed by atoms with E-state index in [4.69, 9.17) is 0 Å². The van der Waals surface area contributed by atoms with Crippen molar-refractivity contribution in [1.29, 1.82) is 0 Å². The zero-order valence-corrected chi connectivity index (χ0v) is 19.9. The van der Waals surface area contributed by atoms with Crippen molar-refractivity contribution >= 4 is 40.3 Å². The summed E-state index contributed by atoms with van der Waals surface area (Å²) in [5.41, 5.74) is 1.37. The number of carbonyl (C=O) groups is 3. The molecule has 0 aromatic heterocycles. The Labute approximate surface area is 195 Å². The van der Waals surface area contributed by atoms with Crippen molar-refractivity contribution < 1.29 is 18.8 Å². The maximum atomic E-state index is 15.5. The van der Waals surface area contributed by atoms with Crippen molar-refractivity contribution in [3.05, 3.63) is 34.6 Å². The van der Waals surface area contributed by atoms with Gasteiger partial charge in [0.2, 0.25) is 11.8 Å². The number of hydrogen-bond donors (Lipinski definition) is 2. The standard InChI is InChI=1S/C23H29FIN3O3/c1-13(11-25)26-18-5-3-2-4-14(18)10-15-6-7-16-17(21(15)24)12-28(23(16)31)19-8-9-20(29)27-22(19)30/h6-7,13-14,18-19,26H,2-5,8-12H2,1H3,(H,27,29,30)/t13-,14+,18-,19?/m0/s1. The largest absolute Gasteiger partial charge is 0.322 e. The molecule has 2 heterocycles. The third-order valence-electron chi connectivity index (χ3n) is 6.85. The van der Waals surface area contributed by atoms with E-state index in [1.54, 1.807) is 12.1 Å².